The molecule has 0 fully saturated rings. The van der Waals surface area contributed by atoms with E-state index in [1.807, 2.05) is 12.1 Å². The monoisotopic (exact) mass is 285 g/mol. The first-order valence-electron chi connectivity index (χ1n) is 7.52. The van der Waals surface area contributed by atoms with Crippen LogP contribution < -0.4 is 5.32 Å². The van der Waals surface area contributed by atoms with E-state index in [-0.39, 0.29) is 5.82 Å². The molecule has 0 saturated carbocycles. The van der Waals surface area contributed by atoms with Crippen LogP contribution in [-0.4, -0.2) is 6.54 Å². The predicted molar refractivity (Wildman–Crippen MR) is 88.2 cm³/mol. The van der Waals surface area contributed by atoms with Gasteiger partial charge in [-0.05, 0) is 79.8 Å². The third-order valence-corrected chi connectivity index (χ3v) is 4.25. The van der Waals surface area contributed by atoms with Gasteiger partial charge in [0.1, 0.15) is 5.82 Å². The molecule has 112 valence electrons. The van der Waals surface area contributed by atoms with E-state index in [0.29, 0.717) is 5.56 Å². The van der Waals surface area contributed by atoms with E-state index in [1.54, 1.807) is 6.07 Å². The van der Waals surface area contributed by atoms with Gasteiger partial charge in [0.2, 0.25) is 0 Å². The minimum absolute atomic E-state index is 0.147. The van der Waals surface area contributed by atoms with Crippen molar-refractivity contribution in [2.24, 2.45) is 0 Å². The zero-order valence-electron chi connectivity index (χ0n) is 13.6. The number of hydrogen-bond donors (Lipinski definition) is 1. The summed E-state index contributed by atoms with van der Waals surface area (Å²) in [5.41, 5.74) is 7.63. The normalized spacial score (nSPS) is 11.0. The topological polar surface area (TPSA) is 12.0 Å². The van der Waals surface area contributed by atoms with E-state index in [2.05, 4.69) is 46.0 Å². The van der Waals surface area contributed by atoms with Gasteiger partial charge >= 0.3 is 0 Å². The largest absolute Gasteiger partial charge is 0.313 e. The van der Waals surface area contributed by atoms with Gasteiger partial charge in [-0.3, -0.25) is 0 Å². The second-order valence-electron chi connectivity index (χ2n) is 5.73. The average Bonchev–Trinajstić information content (AvgIpc) is 2.46. The lowest BCUT2D eigenvalue weighted by Crippen LogP contribution is -2.11. The number of aryl methyl sites for hydroxylation is 2. The van der Waals surface area contributed by atoms with E-state index in [9.17, 15) is 4.39 Å². The molecule has 0 atom stereocenters. The molecule has 21 heavy (non-hydrogen) atoms. The molecule has 2 rings (SSSR count). The standard InChI is InChI=1S/C19H24FN/c1-6-21-11-16-7-8-18(20)17(10-16)19-14(4)12(2)9-13(3)15(19)5/h7-10,21H,6,11H2,1-5H3. The Kier molecular flexibility index (Phi) is 4.79. The number of halogens is 1. The summed E-state index contributed by atoms with van der Waals surface area (Å²) in [4.78, 5) is 0. The molecule has 0 radical (unpaired) electrons. The molecule has 0 unspecified atom stereocenters. The average molecular weight is 285 g/mol. The Bertz CT molecular complexity index is 633. The van der Waals surface area contributed by atoms with Gasteiger partial charge < -0.3 is 5.32 Å². The molecule has 0 spiro atoms. The summed E-state index contributed by atoms with van der Waals surface area (Å²) < 4.78 is 14.4. The van der Waals surface area contributed by atoms with Gasteiger partial charge in [0.05, 0.1) is 0 Å². The molecular weight excluding hydrogens is 261 g/mol. The van der Waals surface area contributed by atoms with Crippen molar-refractivity contribution in [3.05, 3.63) is 57.9 Å². The summed E-state index contributed by atoms with van der Waals surface area (Å²) >= 11 is 0. The molecule has 0 saturated heterocycles. The van der Waals surface area contributed by atoms with Gasteiger partial charge in [-0.15, -0.1) is 0 Å². The van der Waals surface area contributed by atoms with Crippen LogP contribution in [-0.2, 0) is 6.54 Å². The molecule has 2 aromatic rings. The number of benzene rings is 2. The molecule has 0 bridgehead atoms. The fourth-order valence-corrected chi connectivity index (χ4v) is 2.76. The van der Waals surface area contributed by atoms with E-state index in [1.165, 1.54) is 11.1 Å². The molecule has 1 nitrogen and oxygen atoms in total. The molecule has 2 aromatic carbocycles. The third kappa shape index (κ3) is 3.16. The minimum Gasteiger partial charge on any atom is -0.313 e. The molecule has 0 aliphatic rings. The van der Waals surface area contributed by atoms with Crippen molar-refractivity contribution < 1.29 is 4.39 Å². The Hall–Kier alpha value is -1.67. The Morgan fingerprint density at radius 2 is 1.57 bits per heavy atom. The maximum Gasteiger partial charge on any atom is 0.131 e. The zero-order chi connectivity index (χ0) is 15.6. The maximum absolute atomic E-state index is 14.4. The van der Waals surface area contributed by atoms with Crippen LogP contribution in [0.1, 0.15) is 34.7 Å². The van der Waals surface area contributed by atoms with Gasteiger partial charge in [-0.25, -0.2) is 4.39 Å². The van der Waals surface area contributed by atoms with Crippen LogP contribution >= 0.6 is 0 Å². The van der Waals surface area contributed by atoms with Crippen LogP contribution in [0.5, 0.6) is 0 Å². The van der Waals surface area contributed by atoms with Gasteiger partial charge in [-0.2, -0.15) is 0 Å². The highest BCUT2D eigenvalue weighted by molar-refractivity contribution is 5.74. The zero-order valence-corrected chi connectivity index (χ0v) is 13.6. The fourth-order valence-electron chi connectivity index (χ4n) is 2.76. The van der Waals surface area contributed by atoms with Crippen LogP contribution in [0.4, 0.5) is 4.39 Å². The second-order valence-corrected chi connectivity index (χ2v) is 5.73. The van der Waals surface area contributed by atoms with E-state index in [0.717, 1.165) is 35.3 Å². The summed E-state index contributed by atoms with van der Waals surface area (Å²) in [6.45, 7) is 12.1. The highest BCUT2D eigenvalue weighted by Crippen LogP contribution is 2.33. The molecule has 0 amide bonds. The summed E-state index contributed by atoms with van der Waals surface area (Å²) in [5.74, 6) is -0.147. The van der Waals surface area contributed by atoms with E-state index >= 15 is 0 Å². The first-order chi connectivity index (χ1) is 9.95. The Labute approximate surface area is 127 Å². The van der Waals surface area contributed by atoms with Crippen molar-refractivity contribution in [1.82, 2.24) is 5.32 Å². The van der Waals surface area contributed by atoms with Gasteiger partial charge in [0, 0.05) is 12.1 Å². The Morgan fingerprint density at radius 3 is 2.14 bits per heavy atom. The van der Waals surface area contributed by atoms with Crippen molar-refractivity contribution in [3.8, 4) is 11.1 Å². The molecule has 0 aliphatic heterocycles. The van der Waals surface area contributed by atoms with Crippen LogP contribution in [0.3, 0.4) is 0 Å². The van der Waals surface area contributed by atoms with Crippen LogP contribution in [0.2, 0.25) is 0 Å². The van der Waals surface area contributed by atoms with Crippen molar-refractivity contribution in [2.75, 3.05) is 6.54 Å². The highest BCUT2D eigenvalue weighted by atomic mass is 19.1. The molecule has 0 aromatic heterocycles. The lowest BCUT2D eigenvalue weighted by atomic mass is 9.89. The predicted octanol–water partition coefficient (Wildman–Crippen LogP) is 4.84. The van der Waals surface area contributed by atoms with Crippen molar-refractivity contribution in [1.29, 1.82) is 0 Å². The lowest BCUT2D eigenvalue weighted by molar-refractivity contribution is 0.629. The van der Waals surface area contributed by atoms with Crippen molar-refractivity contribution in [2.45, 2.75) is 41.2 Å². The molecular formula is C19H24FN. The smallest absolute Gasteiger partial charge is 0.131 e. The molecule has 2 heteroatoms. The van der Waals surface area contributed by atoms with Crippen molar-refractivity contribution >= 4 is 0 Å². The summed E-state index contributed by atoms with van der Waals surface area (Å²) in [7, 11) is 0. The molecule has 1 N–H and O–H groups in total. The van der Waals surface area contributed by atoms with E-state index in [4.69, 9.17) is 0 Å². The van der Waals surface area contributed by atoms with Crippen LogP contribution in [0, 0.1) is 33.5 Å². The van der Waals surface area contributed by atoms with Gasteiger partial charge in [-0.1, -0.05) is 19.1 Å². The number of rotatable bonds is 4. The SMILES string of the molecule is CCNCc1ccc(F)c(-c2c(C)c(C)cc(C)c2C)c1. The van der Waals surface area contributed by atoms with Crippen molar-refractivity contribution in [3.63, 3.8) is 0 Å². The molecule has 0 aliphatic carbocycles. The number of nitrogens with one attached hydrogen (secondary N) is 1. The van der Waals surface area contributed by atoms with Gasteiger partial charge in [0.25, 0.3) is 0 Å². The first-order valence-corrected chi connectivity index (χ1v) is 7.52. The summed E-state index contributed by atoms with van der Waals surface area (Å²) in [6, 6.07) is 7.59. The Morgan fingerprint density at radius 1 is 0.952 bits per heavy atom. The van der Waals surface area contributed by atoms with E-state index < -0.39 is 0 Å². The Balaban J connectivity index is 2.61. The third-order valence-electron chi connectivity index (χ3n) is 4.25. The molecule has 0 heterocycles. The fraction of sp³-hybridized carbons (Fsp3) is 0.368. The number of hydrogen-bond acceptors (Lipinski definition) is 1. The maximum atomic E-state index is 14.4. The second kappa shape index (κ2) is 6.40. The first kappa shape index (κ1) is 15.7. The van der Waals surface area contributed by atoms with Crippen LogP contribution in [0.15, 0.2) is 24.3 Å². The summed E-state index contributed by atoms with van der Waals surface area (Å²) in [5, 5.41) is 3.29. The quantitative estimate of drug-likeness (QED) is 0.848. The van der Waals surface area contributed by atoms with Gasteiger partial charge in [0.15, 0.2) is 0 Å². The van der Waals surface area contributed by atoms with Crippen LogP contribution in [0.25, 0.3) is 11.1 Å². The summed E-state index contributed by atoms with van der Waals surface area (Å²) in [6.07, 6.45) is 0. The lowest BCUT2D eigenvalue weighted by Gasteiger charge is -2.17. The minimum atomic E-state index is -0.147. The highest BCUT2D eigenvalue weighted by Gasteiger charge is 2.14.